The van der Waals surface area contributed by atoms with Crippen LogP contribution in [0.3, 0.4) is 0 Å². The summed E-state index contributed by atoms with van der Waals surface area (Å²) in [6.45, 7) is 9.16. The van der Waals surface area contributed by atoms with Crippen LogP contribution in [0.4, 0.5) is 0 Å². The second kappa shape index (κ2) is 6.60. The number of thioether (sulfide) groups is 1. The van der Waals surface area contributed by atoms with Crippen molar-refractivity contribution in [2.45, 2.75) is 37.4 Å². The molecule has 1 N–H and O–H groups in total. The van der Waals surface area contributed by atoms with Crippen LogP contribution < -0.4 is 5.32 Å². The summed E-state index contributed by atoms with van der Waals surface area (Å²) in [4.78, 5) is 2.60. The normalized spacial score (nSPS) is 25.3. The van der Waals surface area contributed by atoms with E-state index in [4.69, 9.17) is 0 Å². The number of rotatable bonds is 4. The predicted molar refractivity (Wildman–Crippen MR) is 81.0 cm³/mol. The van der Waals surface area contributed by atoms with Crippen LogP contribution in [-0.2, 0) is 13.1 Å². The Labute approximate surface area is 115 Å². The third kappa shape index (κ3) is 3.74. The van der Waals surface area contributed by atoms with Gasteiger partial charge in [0.15, 0.2) is 0 Å². The van der Waals surface area contributed by atoms with Crippen molar-refractivity contribution < 1.29 is 0 Å². The number of hydrogen-bond donors (Lipinski definition) is 1. The molecule has 0 saturated carbocycles. The molecule has 18 heavy (non-hydrogen) atoms. The molecule has 2 rings (SSSR count). The standard InChI is InChI=1S/C15H24N2S/c1-12-9-17(10-13(2)18-12)11-15-7-5-4-6-14(15)8-16-3/h4-7,12-13,16H,8-11H2,1-3H3. The zero-order chi connectivity index (χ0) is 13.0. The van der Waals surface area contributed by atoms with Gasteiger partial charge in [0.2, 0.25) is 0 Å². The summed E-state index contributed by atoms with van der Waals surface area (Å²) < 4.78 is 0. The highest BCUT2D eigenvalue weighted by atomic mass is 32.2. The molecule has 2 atom stereocenters. The minimum absolute atomic E-state index is 0.755. The minimum atomic E-state index is 0.755. The van der Waals surface area contributed by atoms with Gasteiger partial charge in [-0.2, -0.15) is 11.8 Å². The van der Waals surface area contributed by atoms with E-state index < -0.39 is 0 Å². The Kier molecular flexibility index (Phi) is 5.10. The molecule has 0 radical (unpaired) electrons. The van der Waals surface area contributed by atoms with Crippen LogP contribution in [0.2, 0.25) is 0 Å². The largest absolute Gasteiger partial charge is 0.316 e. The Balaban J connectivity index is 2.04. The van der Waals surface area contributed by atoms with E-state index >= 15 is 0 Å². The maximum absolute atomic E-state index is 3.26. The fraction of sp³-hybridized carbons (Fsp3) is 0.600. The smallest absolute Gasteiger partial charge is 0.0237 e. The van der Waals surface area contributed by atoms with Crippen LogP contribution in [0.5, 0.6) is 0 Å². The lowest BCUT2D eigenvalue weighted by atomic mass is 10.1. The lowest BCUT2D eigenvalue weighted by Crippen LogP contribution is -2.40. The SMILES string of the molecule is CNCc1ccccc1CN1CC(C)SC(C)C1. The highest BCUT2D eigenvalue weighted by molar-refractivity contribution is 8.00. The molecule has 0 amide bonds. The molecule has 0 aromatic heterocycles. The van der Waals surface area contributed by atoms with Crippen LogP contribution in [0, 0.1) is 0 Å². The fourth-order valence-corrected chi connectivity index (χ4v) is 4.12. The summed E-state index contributed by atoms with van der Waals surface area (Å²) in [7, 11) is 2.01. The van der Waals surface area contributed by atoms with Crippen LogP contribution in [0.25, 0.3) is 0 Å². The molecule has 3 heteroatoms. The average Bonchev–Trinajstić information content (AvgIpc) is 2.30. The number of nitrogens with zero attached hydrogens (tertiary/aromatic N) is 1. The molecule has 0 spiro atoms. The minimum Gasteiger partial charge on any atom is -0.316 e. The Morgan fingerprint density at radius 2 is 1.78 bits per heavy atom. The molecular weight excluding hydrogens is 240 g/mol. The number of benzene rings is 1. The number of hydrogen-bond acceptors (Lipinski definition) is 3. The molecule has 0 bridgehead atoms. The molecule has 1 aromatic carbocycles. The maximum Gasteiger partial charge on any atom is 0.0237 e. The van der Waals surface area contributed by atoms with Gasteiger partial charge in [-0.15, -0.1) is 0 Å². The van der Waals surface area contributed by atoms with Gasteiger partial charge in [0.25, 0.3) is 0 Å². The van der Waals surface area contributed by atoms with Gasteiger partial charge in [-0.25, -0.2) is 0 Å². The first-order chi connectivity index (χ1) is 8.69. The van der Waals surface area contributed by atoms with Gasteiger partial charge >= 0.3 is 0 Å². The highest BCUT2D eigenvalue weighted by Crippen LogP contribution is 2.26. The van der Waals surface area contributed by atoms with E-state index in [9.17, 15) is 0 Å². The molecule has 1 heterocycles. The van der Waals surface area contributed by atoms with E-state index in [-0.39, 0.29) is 0 Å². The van der Waals surface area contributed by atoms with Crippen molar-refractivity contribution in [3.05, 3.63) is 35.4 Å². The van der Waals surface area contributed by atoms with E-state index in [0.29, 0.717) is 0 Å². The van der Waals surface area contributed by atoms with E-state index in [0.717, 1.165) is 23.6 Å². The van der Waals surface area contributed by atoms with Crippen molar-refractivity contribution in [1.29, 1.82) is 0 Å². The summed E-state index contributed by atoms with van der Waals surface area (Å²) in [5.74, 6) is 0. The summed E-state index contributed by atoms with van der Waals surface area (Å²) in [6.07, 6.45) is 0. The van der Waals surface area contributed by atoms with Crippen LogP contribution in [0.1, 0.15) is 25.0 Å². The Morgan fingerprint density at radius 3 is 2.39 bits per heavy atom. The fourth-order valence-electron chi connectivity index (χ4n) is 2.73. The highest BCUT2D eigenvalue weighted by Gasteiger charge is 2.22. The molecule has 1 aliphatic rings. The molecule has 100 valence electrons. The summed E-state index contributed by atoms with van der Waals surface area (Å²) in [5, 5.41) is 4.77. The monoisotopic (exact) mass is 264 g/mol. The van der Waals surface area contributed by atoms with Gasteiger partial charge in [-0.05, 0) is 18.2 Å². The predicted octanol–water partition coefficient (Wildman–Crippen LogP) is 2.73. The van der Waals surface area contributed by atoms with Crippen LogP contribution in [-0.4, -0.2) is 35.5 Å². The van der Waals surface area contributed by atoms with Crippen molar-refractivity contribution in [3.63, 3.8) is 0 Å². The topological polar surface area (TPSA) is 15.3 Å². The Bertz CT molecular complexity index is 371. The van der Waals surface area contributed by atoms with Gasteiger partial charge in [0.1, 0.15) is 0 Å². The van der Waals surface area contributed by atoms with Gasteiger partial charge in [0.05, 0.1) is 0 Å². The molecule has 0 aliphatic carbocycles. The summed E-state index contributed by atoms with van der Waals surface area (Å²) in [6, 6.07) is 8.79. The van der Waals surface area contributed by atoms with Gasteiger partial charge < -0.3 is 5.32 Å². The van der Waals surface area contributed by atoms with E-state index in [1.807, 2.05) is 7.05 Å². The molecule has 1 fully saturated rings. The van der Waals surface area contributed by atoms with Crippen molar-refractivity contribution in [2.24, 2.45) is 0 Å². The van der Waals surface area contributed by atoms with Crippen molar-refractivity contribution in [2.75, 3.05) is 20.1 Å². The third-order valence-corrected chi connectivity index (χ3v) is 4.60. The molecule has 1 aliphatic heterocycles. The molecular formula is C15H24N2S. The van der Waals surface area contributed by atoms with Crippen molar-refractivity contribution in [3.8, 4) is 0 Å². The summed E-state index contributed by atoms with van der Waals surface area (Å²) in [5.41, 5.74) is 2.90. The number of nitrogens with one attached hydrogen (secondary N) is 1. The molecule has 2 unspecified atom stereocenters. The van der Waals surface area contributed by atoms with E-state index in [2.05, 4.69) is 60.1 Å². The van der Waals surface area contributed by atoms with Gasteiger partial charge in [-0.1, -0.05) is 38.1 Å². The zero-order valence-corrected chi connectivity index (χ0v) is 12.5. The Morgan fingerprint density at radius 1 is 1.17 bits per heavy atom. The molecule has 1 aromatic rings. The first-order valence-corrected chi connectivity index (χ1v) is 7.72. The first kappa shape index (κ1) is 13.9. The molecule has 2 nitrogen and oxygen atoms in total. The molecule has 1 saturated heterocycles. The first-order valence-electron chi connectivity index (χ1n) is 6.78. The second-order valence-electron chi connectivity index (χ2n) is 5.25. The maximum atomic E-state index is 3.26. The summed E-state index contributed by atoms with van der Waals surface area (Å²) >= 11 is 2.12. The van der Waals surface area contributed by atoms with Gasteiger partial charge in [0, 0.05) is 36.7 Å². The lowest BCUT2D eigenvalue weighted by Gasteiger charge is -2.35. The third-order valence-electron chi connectivity index (χ3n) is 3.37. The van der Waals surface area contributed by atoms with Crippen molar-refractivity contribution in [1.82, 2.24) is 10.2 Å². The van der Waals surface area contributed by atoms with Crippen LogP contribution in [0.15, 0.2) is 24.3 Å². The van der Waals surface area contributed by atoms with E-state index in [1.165, 1.54) is 24.2 Å². The average molecular weight is 264 g/mol. The van der Waals surface area contributed by atoms with E-state index in [1.54, 1.807) is 0 Å². The quantitative estimate of drug-likeness (QED) is 0.900. The second-order valence-corrected chi connectivity index (χ2v) is 7.13. The van der Waals surface area contributed by atoms with Gasteiger partial charge in [-0.3, -0.25) is 4.90 Å². The van der Waals surface area contributed by atoms with Crippen molar-refractivity contribution >= 4 is 11.8 Å². The van der Waals surface area contributed by atoms with Crippen LogP contribution >= 0.6 is 11.8 Å². The lowest BCUT2D eigenvalue weighted by molar-refractivity contribution is 0.262. The Hall–Kier alpha value is -0.510. The zero-order valence-electron chi connectivity index (χ0n) is 11.6.